The molecule has 2 aliphatic rings. The predicted molar refractivity (Wildman–Crippen MR) is 117 cm³/mol. The van der Waals surface area contributed by atoms with Crippen LogP contribution in [-0.4, -0.2) is 33.6 Å². The van der Waals surface area contributed by atoms with Gasteiger partial charge in [-0.05, 0) is 73.5 Å². The summed E-state index contributed by atoms with van der Waals surface area (Å²) in [7, 11) is 0. The van der Waals surface area contributed by atoms with Crippen LogP contribution in [-0.2, 0) is 0 Å². The van der Waals surface area contributed by atoms with Gasteiger partial charge < -0.3 is 15.3 Å². The summed E-state index contributed by atoms with van der Waals surface area (Å²) >= 11 is 0. The van der Waals surface area contributed by atoms with E-state index in [0.717, 1.165) is 18.4 Å². The molecule has 0 aromatic heterocycles. The van der Waals surface area contributed by atoms with Crippen LogP contribution in [0.25, 0.3) is 0 Å². The molecule has 2 aliphatic carbocycles. The average molecular weight is 393 g/mol. The molecule has 0 spiro atoms. The van der Waals surface area contributed by atoms with Gasteiger partial charge in [0, 0.05) is 0 Å². The van der Waals surface area contributed by atoms with Crippen molar-refractivity contribution in [2.45, 2.75) is 105 Å². The van der Waals surface area contributed by atoms with Gasteiger partial charge >= 0.3 is 0 Å². The van der Waals surface area contributed by atoms with Gasteiger partial charge in [-0.1, -0.05) is 65.3 Å². The zero-order valence-electron chi connectivity index (χ0n) is 19.0. The van der Waals surface area contributed by atoms with Crippen molar-refractivity contribution in [2.24, 2.45) is 28.6 Å². The zero-order valence-corrected chi connectivity index (χ0v) is 19.0. The van der Waals surface area contributed by atoms with Crippen molar-refractivity contribution < 1.29 is 15.3 Å². The number of rotatable bonds is 7. The van der Waals surface area contributed by atoms with Gasteiger partial charge in [0.2, 0.25) is 0 Å². The Morgan fingerprint density at radius 1 is 1.04 bits per heavy atom. The molecule has 0 aliphatic heterocycles. The third-order valence-electron chi connectivity index (χ3n) is 8.34. The Bertz CT molecular complexity index is 550. The summed E-state index contributed by atoms with van der Waals surface area (Å²) in [4.78, 5) is 0. The van der Waals surface area contributed by atoms with Gasteiger partial charge in [0.25, 0.3) is 0 Å². The second kappa shape index (κ2) is 9.45. The minimum Gasteiger partial charge on any atom is -0.393 e. The fourth-order valence-electron chi connectivity index (χ4n) is 5.48. The van der Waals surface area contributed by atoms with Gasteiger partial charge in [-0.25, -0.2) is 0 Å². The fourth-order valence-corrected chi connectivity index (χ4v) is 5.48. The van der Waals surface area contributed by atoms with Gasteiger partial charge in [0.15, 0.2) is 0 Å². The van der Waals surface area contributed by atoms with E-state index in [1.165, 1.54) is 12.8 Å². The summed E-state index contributed by atoms with van der Waals surface area (Å²) in [5.74, 6) is 1.44. The van der Waals surface area contributed by atoms with Gasteiger partial charge in [0.1, 0.15) is 0 Å². The molecule has 162 valence electrons. The van der Waals surface area contributed by atoms with Crippen LogP contribution in [0.15, 0.2) is 23.8 Å². The summed E-state index contributed by atoms with van der Waals surface area (Å²) in [6, 6.07) is 0. The largest absolute Gasteiger partial charge is 0.393 e. The van der Waals surface area contributed by atoms with Crippen molar-refractivity contribution >= 4 is 0 Å². The normalized spacial score (nSPS) is 35.5. The van der Waals surface area contributed by atoms with E-state index in [-0.39, 0.29) is 16.9 Å². The van der Waals surface area contributed by atoms with E-state index in [9.17, 15) is 15.3 Å². The molecule has 28 heavy (non-hydrogen) atoms. The molecule has 1 unspecified atom stereocenters. The predicted octanol–water partition coefficient (Wildman–Crippen LogP) is 5.25. The smallest absolute Gasteiger partial charge is 0.0602 e. The number of hydrogen-bond donors (Lipinski definition) is 3. The monoisotopic (exact) mass is 392 g/mol. The highest BCUT2D eigenvalue weighted by Gasteiger charge is 2.52. The molecule has 0 saturated heterocycles. The van der Waals surface area contributed by atoms with Crippen LogP contribution in [0.1, 0.15) is 86.5 Å². The van der Waals surface area contributed by atoms with Gasteiger partial charge in [-0.2, -0.15) is 0 Å². The van der Waals surface area contributed by atoms with E-state index in [1.54, 1.807) is 0 Å². The quantitative estimate of drug-likeness (QED) is 0.554. The number of hydrogen-bond acceptors (Lipinski definition) is 3. The Balaban J connectivity index is 2.01. The Morgan fingerprint density at radius 3 is 2.21 bits per heavy atom. The third kappa shape index (κ3) is 5.29. The van der Waals surface area contributed by atoms with Crippen LogP contribution < -0.4 is 0 Å². The van der Waals surface area contributed by atoms with Crippen molar-refractivity contribution in [3.05, 3.63) is 23.8 Å². The lowest BCUT2D eigenvalue weighted by molar-refractivity contribution is 0.0277. The first-order chi connectivity index (χ1) is 13.0. The van der Waals surface area contributed by atoms with E-state index in [1.807, 2.05) is 0 Å². The third-order valence-corrected chi connectivity index (χ3v) is 8.34. The topological polar surface area (TPSA) is 60.7 Å². The summed E-state index contributed by atoms with van der Waals surface area (Å²) in [6.07, 6.45) is 11.9. The van der Waals surface area contributed by atoms with Crippen LogP contribution in [0.3, 0.4) is 0 Å². The van der Waals surface area contributed by atoms with E-state index in [2.05, 4.69) is 59.8 Å². The molecule has 3 nitrogen and oxygen atoms in total. The van der Waals surface area contributed by atoms with Gasteiger partial charge in [-0.3, -0.25) is 0 Å². The minimum absolute atomic E-state index is 0.195. The summed E-state index contributed by atoms with van der Waals surface area (Å²) < 4.78 is 0. The number of allylic oxidation sites excluding steroid dienone is 3. The summed E-state index contributed by atoms with van der Waals surface area (Å²) in [5.41, 5.74) is 1.62. The number of aliphatic hydroxyl groups is 3. The Labute approximate surface area is 172 Å². The Morgan fingerprint density at radius 2 is 1.64 bits per heavy atom. The summed E-state index contributed by atoms with van der Waals surface area (Å²) in [6.45, 7) is 13.8. The van der Waals surface area contributed by atoms with Crippen LogP contribution in [0, 0.1) is 28.6 Å². The first kappa shape index (κ1) is 23.6. The highest BCUT2D eigenvalue weighted by atomic mass is 16.3. The maximum absolute atomic E-state index is 10.2. The molecule has 2 saturated carbocycles. The van der Waals surface area contributed by atoms with E-state index in [0.29, 0.717) is 37.0 Å². The maximum Gasteiger partial charge on any atom is 0.0602 e. The highest BCUT2D eigenvalue weighted by Crippen LogP contribution is 2.60. The molecule has 0 radical (unpaired) electrons. The van der Waals surface area contributed by atoms with Crippen molar-refractivity contribution in [1.29, 1.82) is 0 Å². The highest BCUT2D eigenvalue weighted by molar-refractivity contribution is 5.19. The molecular weight excluding hydrogens is 348 g/mol. The van der Waals surface area contributed by atoms with Crippen molar-refractivity contribution in [1.82, 2.24) is 0 Å². The molecule has 0 aromatic rings. The molecule has 0 aromatic carbocycles. The van der Waals surface area contributed by atoms with Gasteiger partial charge in [-0.15, -0.1) is 0 Å². The Hall–Kier alpha value is -0.640. The van der Waals surface area contributed by atoms with Crippen LogP contribution >= 0.6 is 0 Å². The first-order valence-corrected chi connectivity index (χ1v) is 11.4. The van der Waals surface area contributed by atoms with E-state index in [4.69, 9.17) is 0 Å². The fraction of sp³-hybridized carbons (Fsp3) is 0.840. The van der Waals surface area contributed by atoms with Crippen LogP contribution in [0.2, 0.25) is 0 Å². The second-order valence-corrected chi connectivity index (χ2v) is 10.7. The van der Waals surface area contributed by atoms with Crippen LogP contribution in [0.4, 0.5) is 0 Å². The van der Waals surface area contributed by atoms with Crippen molar-refractivity contribution in [3.8, 4) is 0 Å². The minimum atomic E-state index is -0.406. The molecule has 0 bridgehead atoms. The molecule has 3 heteroatoms. The molecular formula is C25H44O3. The molecule has 2 rings (SSSR count). The first-order valence-electron chi connectivity index (χ1n) is 11.4. The summed E-state index contributed by atoms with van der Waals surface area (Å²) in [5, 5.41) is 29.9. The molecule has 0 amide bonds. The SMILES string of the molecule is CC(C)[C@H](O)CC[C@H](C)C1(C)CC[C@@H](/C=C/C=C2C[C@@H](O)C[C@H](O)C2)C1(C)C. The average Bonchev–Trinajstić information content (AvgIpc) is 2.82. The van der Waals surface area contributed by atoms with Crippen molar-refractivity contribution in [2.75, 3.05) is 0 Å². The molecule has 3 N–H and O–H groups in total. The van der Waals surface area contributed by atoms with Crippen molar-refractivity contribution in [3.63, 3.8) is 0 Å². The lowest BCUT2D eigenvalue weighted by atomic mass is 9.59. The number of aliphatic hydroxyl groups excluding tert-OH is 3. The van der Waals surface area contributed by atoms with Crippen LogP contribution in [0.5, 0.6) is 0 Å². The lowest BCUT2D eigenvalue weighted by Gasteiger charge is -2.46. The Kier molecular flexibility index (Phi) is 7.98. The molecule has 0 heterocycles. The lowest BCUT2D eigenvalue weighted by Crippen LogP contribution is -2.39. The molecule has 2 fully saturated rings. The maximum atomic E-state index is 10.2. The zero-order chi connectivity index (χ0) is 21.1. The van der Waals surface area contributed by atoms with E-state index < -0.39 is 12.2 Å². The standard InChI is InChI=1S/C25H44O3/c1-17(2)23(28)11-10-18(3)25(6)13-12-20(24(25,4)5)9-7-8-19-14-21(26)16-22(27)15-19/h7-9,17-18,20-23,26-28H,10-16H2,1-6H3/b9-7+/t18-,20+,21+,22+,23+,25?/m0/s1. The molecule has 6 atom stereocenters. The van der Waals surface area contributed by atoms with E-state index >= 15 is 0 Å². The van der Waals surface area contributed by atoms with Gasteiger partial charge in [0.05, 0.1) is 18.3 Å². The second-order valence-electron chi connectivity index (χ2n) is 10.7.